The molecule has 0 unspecified atom stereocenters. The van der Waals surface area contributed by atoms with Gasteiger partial charge in [0.25, 0.3) is 0 Å². The van der Waals surface area contributed by atoms with Crippen LogP contribution in [0.1, 0.15) is 0 Å². The van der Waals surface area contributed by atoms with Crippen LogP contribution in [0, 0.1) is 0 Å². The number of hydrogen-bond donors (Lipinski definition) is 0. The summed E-state index contributed by atoms with van der Waals surface area (Å²) in [4.78, 5) is 0. The Kier molecular flexibility index (Phi) is 9.66. The van der Waals surface area contributed by atoms with Gasteiger partial charge in [0.15, 0.2) is 0 Å². The molecule has 44 valence electrons. The summed E-state index contributed by atoms with van der Waals surface area (Å²) in [6.07, 6.45) is 0. The first-order valence-corrected chi connectivity index (χ1v) is 3.67. The Labute approximate surface area is 112 Å². The molecule has 0 bridgehead atoms. The Hall–Kier alpha value is 2.25. The van der Waals surface area contributed by atoms with Crippen molar-refractivity contribution in [1.82, 2.24) is 0 Å². The molecule has 0 amide bonds. The van der Waals surface area contributed by atoms with E-state index in [4.69, 9.17) is 11.6 Å². The van der Waals surface area contributed by atoms with Crippen LogP contribution in [-0.2, 0) is 10.1 Å². The minimum absolute atomic E-state index is 0. The maximum Gasteiger partial charge on any atom is 1.00 e. The molecule has 8 heavy (non-hydrogen) atoms. The van der Waals surface area contributed by atoms with Crippen molar-refractivity contribution in [1.29, 1.82) is 0 Å². The third kappa shape index (κ3) is 11.1. The summed E-state index contributed by atoms with van der Waals surface area (Å²) in [5.74, 6) is -0.597. The summed E-state index contributed by atoms with van der Waals surface area (Å²) < 4.78 is 28.8. The zero-order valence-corrected chi connectivity index (χ0v) is 12.3. The first-order chi connectivity index (χ1) is 3.06. The first-order valence-electron chi connectivity index (χ1n) is 1.56. The van der Waals surface area contributed by atoms with E-state index in [2.05, 4.69) is 0 Å². The zero-order valence-electron chi connectivity index (χ0n) is 4.43. The van der Waals surface area contributed by atoms with Crippen LogP contribution in [0.5, 0.6) is 0 Å². The van der Waals surface area contributed by atoms with Crippen molar-refractivity contribution < 1.29 is 81.9 Å². The third-order valence-corrected chi connectivity index (χ3v) is 1.44. The molecule has 0 aromatic rings. The second kappa shape index (κ2) is 5.99. The van der Waals surface area contributed by atoms with Crippen LogP contribution in [0.15, 0.2) is 0 Å². The average molecular weight is 276 g/mol. The van der Waals surface area contributed by atoms with Crippen molar-refractivity contribution in [3.8, 4) is 0 Å². The molecular formula is C2H4ClCsO3S. The SMILES string of the molecule is O=S(=O)([O-])CCCl.[Cs+]. The minimum atomic E-state index is -4.06. The fourth-order valence-electron chi connectivity index (χ4n) is 0.0945. The predicted molar refractivity (Wildman–Crippen MR) is 25.3 cm³/mol. The standard InChI is InChI=1S/C2H5ClO3S.Cs/c3-1-2-7(4,5)6;/h1-2H2,(H,4,5,6);/q;+1/p-1. The van der Waals surface area contributed by atoms with Gasteiger partial charge >= 0.3 is 68.9 Å². The zero-order chi connectivity index (χ0) is 5.91. The Morgan fingerprint density at radius 2 is 1.88 bits per heavy atom. The minimum Gasteiger partial charge on any atom is -0.748 e. The average Bonchev–Trinajstić information content (AvgIpc) is 1.30. The summed E-state index contributed by atoms with van der Waals surface area (Å²) in [6.45, 7) is 0. The van der Waals surface area contributed by atoms with Crippen LogP contribution in [0.25, 0.3) is 0 Å². The molecule has 3 nitrogen and oxygen atoms in total. The maximum atomic E-state index is 9.59. The molecule has 0 aromatic carbocycles. The van der Waals surface area contributed by atoms with Gasteiger partial charge in [0.05, 0.1) is 15.9 Å². The molecule has 0 aliphatic rings. The third-order valence-electron chi connectivity index (χ3n) is 0.327. The van der Waals surface area contributed by atoms with Crippen molar-refractivity contribution in [2.75, 3.05) is 11.6 Å². The molecule has 0 saturated heterocycles. The molecule has 0 aliphatic carbocycles. The molecule has 0 saturated carbocycles. The van der Waals surface area contributed by atoms with E-state index in [1.807, 2.05) is 0 Å². The van der Waals surface area contributed by atoms with Gasteiger partial charge in [0.2, 0.25) is 0 Å². The Bertz CT molecular complexity index is 130. The van der Waals surface area contributed by atoms with Gasteiger partial charge in [-0.15, -0.1) is 11.6 Å². The van der Waals surface area contributed by atoms with E-state index in [9.17, 15) is 13.0 Å². The molecule has 0 aromatic heterocycles. The summed E-state index contributed by atoms with van der Waals surface area (Å²) >= 11 is 4.91. The summed E-state index contributed by atoms with van der Waals surface area (Å²) in [5.41, 5.74) is 0. The molecule has 0 heterocycles. The topological polar surface area (TPSA) is 57.2 Å². The van der Waals surface area contributed by atoms with Crippen LogP contribution >= 0.6 is 11.6 Å². The van der Waals surface area contributed by atoms with Crippen molar-refractivity contribution in [3.63, 3.8) is 0 Å². The Morgan fingerprint density at radius 3 is 1.88 bits per heavy atom. The molecular weight excluding hydrogens is 272 g/mol. The van der Waals surface area contributed by atoms with Crippen LogP contribution < -0.4 is 68.9 Å². The molecule has 0 atom stereocenters. The maximum absolute atomic E-state index is 9.59. The van der Waals surface area contributed by atoms with E-state index < -0.39 is 15.9 Å². The predicted octanol–water partition coefficient (Wildman–Crippen LogP) is -3.23. The van der Waals surface area contributed by atoms with E-state index in [0.29, 0.717) is 0 Å². The van der Waals surface area contributed by atoms with E-state index >= 15 is 0 Å². The molecule has 6 heteroatoms. The van der Waals surface area contributed by atoms with Crippen LogP contribution in [0.3, 0.4) is 0 Å². The van der Waals surface area contributed by atoms with Crippen LogP contribution in [-0.4, -0.2) is 24.6 Å². The van der Waals surface area contributed by atoms with E-state index in [1.165, 1.54) is 0 Å². The van der Waals surface area contributed by atoms with Gasteiger partial charge in [-0.3, -0.25) is 0 Å². The van der Waals surface area contributed by atoms with Gasteiger partial charge in [-0.05, 0) is 0 Å². The first kappa shape index (κ1) is 12.9. The van der Waals surface area contributed by atoms with Gasteiger partial charge in [-0.1, -0.05) is 0 Å². The number of halogens is 1. The second-order valence-corrected chi connectivity index (χ2v) is 2.85. The van der Waals surface area contributed by atoms with Crippen LogP contribution in [0.2, 0.25) is 0 Å². The van der Waals surface area contributed by atoms with Gasteiger partial charge in [-0.25, -0.2) is 8.42 Å². The van der Waals surface area contributed by atoms with Crippen molar-refractivity contribution in [2.24, 2.45) is 0 Å². The number of hydrogen-bond acceptors (Lipinski definition) is 3. The second-order valence-electron chi connectivity index (χ2n) is 0.951. The molecule has 0 N–H and O–H groups in total. The summed E-state index contributed by atoms with van der Waals surface area (Å²) in [6, 6.07) is 0. The summed E-state index contributed by atoms with van der Waals surface area (Å²) in [5, 5.41) is 0. The molecule has 0 radical (unpaired) electrons. The summed E-state index contributed by atoms with van der Waals surface area (Å²) in [7, 11) is -4.06. The van der Waals surface area contributed by atoms with Gasteiger partial charge in [0, 0.05) is 5.88 Å². The molecule has 0 aliphatic heterocycles. The normalized spacial score (nSPS) is 10.2. The van der Waals surface area contributed by atoms with E-state index in [-0.39, 0.29) is 74.8 Å². The van der Waals surface area contributed by atoms with Crippen LogP contribution in [0.4, 0.5) is 0 Å². The van der Waals surface area contributed by atoms with Crippen molar-refractivity contribution in [3.05, 3.63) is 0 Å². The molecule has 0 fully saturated rings. The molecule has 0 spiro atoms. The fraction of sp³-hybridized carbons (Fsp3) is 1.00. The van der Waals surface area contributed by atoms with E-state index in [0.717, 1.165) is 0 Å². The van der Waals surface area contributed by atoms with Gasteiger partial charge < -0.3 is 4.55 Å². The number of alkyl halides is 1. The van der Waals surface area contributed by atoms with Crippen molar-refractivity contribution in [2.45, 2.75) is 0 Å². The van der Waals surface area contributed by atoms with Gasteiger partial charge in [-0.2, -0.15) is 0 Å². The monoisotopic (exact) mass is 276 g/mol. The van der Waals surface area contributed by atoms with Crippen molar-refractivity contribution >= 4 is 21.7 Å². The smallest absolute Gasteiger partial charge is 0.748 e. The van der Waals surface area contributed by atoms with E-state index in [1.54, 1.807) is 0 Å². The Balaban J connectivity index is 0. The largest absolute Gasteiger partial charge is 1.00 e. The quantitative estimate of drug-likeness (QED) is 0.394. The fourth-order valence-corrected chi connectivity index (χ4v) is 0.850. The molecule has 0 rings (SSSR count). The van der Waals surface area contributed by atoms with Gasteiger partial charge in [0.1, 0.15) is 0 Å². The Morgan fingerprint density at radius 1 is 1.50 bits per heavy atom. The number of rotatable bonds is 2.